The molecule has 0 aliphatic carbocycles. The Balaban J connectivity index is 1.67. The van der Waals surface area contributed by atoms with Crippen molar-refractivity contribution >= 4 is 11.6 Å². The predicted molar refractivity (Wildman–Crippen MR) is 103 cm³/mol. The first kappa shape index (κ1) is 18.0. The quantitative estimate of drug-likeness (QED) is 0.726. The maximum Gasteiger partial charge on any atom is 0.292 e. The molecule has 2 aliphatic heterocycles. The molecule has 4 rings (SSSR count). The maximum atomic E-state index is 13.3. The second-order valence-corrected chi connectivity index (χ2v) is 7.04. The van der Waals surface area contributed by atoms with E-state index >= 15 is 0 Å². The van der Waals surface area contributed by atoms with Gasteiger partial charge in [0.2, 0.25) is 0 Å². The van der Waals surface area contributed by atoms with Crippen LogP contribution in [-0.4, -0.2) is 25.7 Å². The molecule has 1 saturated heterocycles. The highest BCUT2D eigenvalue weighted by Gasteiger charge is 2.56. The minimum Gasteiger partial charge on any atom is -0.493 e. The summed E-state index contributed by atoms with van der Waals surface area (Å²) < 4.78 is 17.6. The Morgan fingerprint density at radius 1 is 1.15 bits per heavy atom. The van der Waals surface area contributed by atoms with Crippen molar-refractivity contribution in [1.82, 2.24) is 0 Å². The molecule has 27 heavy (non-hydrogen) atoms. The van der Waals surface area contributed by atoms with E-state index in [1.165, 1.54) is 0 Å². The lowest BCUT2D eigenvalue weighted by atomic mass is 10.0. The number of amides is 1. The molecule has 0 saturated carbocycles. The van der Waals surface area contributed by atoms with Crippen LogP contribution in [0.25, 0.3) is 0 Å². The fourth-order valence-electron chi connectivity index (χ4n) is 3.67. The second kappa shape index (κ2) is 7.33. The average molecular weight is 367 g/mol. The number of ether oxygens (including phenoxy) is 3. The van der Waals surface area contributed by atoms with Crippen molar-refractivity contribution in [3.8, 4) is 5.75 Å². The smallest absolute Gasteiger partial charge is 0.292 e. The van der Waals surface area contributed by atoms with Crippen molar-refractivity contribution in [1.29, 1.82) is 0 Å². The third-order valence-electron chi connectivity index (χ3n) is 5.07. The van der Waals surface area contributed by atoms with Crippen LogP contribution in [0.1, 0.15) is 36.5 Å². The van der Waals surface area contributed by atoms with Crippen molar-refractivity contribution in [2.24, 2.45) is 0 Å². The van der Waals surface area contributed by atoms with Crippen molar-refractivity contribution in [2.75, 3.05) is 24.7 Å². The van der Waals surface area contributed by atoms with Gasteiger partial charge in [-0.05, 0) is 31.5 Å². The number of hydrogen-bond acceptors (Lipinski definition) is 4. The summed E-state index contributed by atoms with van der Waals surface area (Å²) in [4.78, 5) is 15.1. The number of fused-ring (bicyclic) bond motifs is 2. The summed E-state index contributed by atoms with van der Waals surface area (Å²) in [6, 6.07) is 13.9. The normalized spacial score (nSPS) is 17.6. The summed E-state index contributed by atoms with van der Waals surface area (Å²) >= 11 is 0. The van der Waals surface area contributed by atoms with Crippen LogP contribution in [-0.2, 0) is 26.6 Å². The molecule has 1 spiro atoms. The molecule has 0 radical (unpaired) electrons. The van der Waals surface area contributed by atoms with Crippen LogP contribution in [0.2, 0.25) is 0 Å². The zero-order chi connectivity index (χ0) is 18.9. The summed E-state index contributed by atoms with van der Waals surface area (Å²) in [5.41, 5.74) is 3.69. The molecule has 0 aromatic heterocycles. The summed E-state index contributed by atoms with van der Waals surface area (Å²) in [6.07, 6.45) is 2.08. The summed E-state index contributed by atoms with van der Waals surface area (Å²) in [5, 5.41) is 0. The van der Waals surface area contributed by atoms with E-state index in [0.29, 0.717) is 26.4 Å². The first-order valence-corrected chi connectivity index (χ1v) is 9.57. The monoisotopic (exact) mass is 367 g/mol. The number of benzene rings is 2. The van der Waals surface area contributed by atoms with Crippen molar-refractivity contribution in [3.05, 3.63) is 59.2 Å². The summed E-state index contributed by atoms with van der Waals surface area (Å²) in [6.45, 7) is 6.08. The van der Waals surface area contributed by atoms with Gasteiger partial charge in [-0.3, -0.25) is 4.79 Å². The van der Waals surface area contributed by atoms with Gasteiger partial charge >= 0.3 is 0 Å². The summed E-state index contributed by atoms with van der Waals surface area (Å²) in [5.74, 6) is -0.634. The van der Waals surface area contributed by atoms with Gasteiger partial charge in [0.25, 0.3) is 11.7 Å². The van der Waals surface area contributed by atoms with E-state index < -0.39 is 5.79 Å². The Morgan fingerprint density at radius 2 is 1.93 bits per heavy atom. The number of para-hydroxylation sites is 1. The fourth-order valence-corrected chi connectivity index (χ4v) is 3.67. The number of carbonyl (C=O) groups is 1. The number of aryl methyl sites for hydroxylation is 1. The van der Waals surface area contributed by atoms with Gasteiger partial charge in [-0.15, -0.1) is 0 Å². The van der Waals surface area contributed by atoms with Gasteiger partial charge in [0, 0.05) is 11.1 Å². The molecule has 2 aromatic rings. The number of rotatable bonds is 6. The average Bonchev–Trinajstić information content (AvgIpc) is 3.25. The molecule has 0 bridgehead atoms. The van der Waals surface area contributed by atoms with Gasteiger partial charge in [-0.25, -0.2) is 0 Å². The molecule has 0 N–H and O–H groups in total. The van der Waals surface area contributed by atoms with Gasteiger partial charge in [-0.2, -0.15) is 0 Å². The molecule has 142 valence electrons. The highest BCUT2D eigenvalue weighted by molar-refractivity contribution is 6.06. The van der Waals surface area contributed by atoms with Gasteiger partial charge in [0.05, 0.1) is 32.1 Å². The molecule has 1 fully saturated rings. The van der Waals surface area contributed by atoms with E-state index in [1.807, 2.05) is 49.4 Å². The highest BCUT2D eigenvalue weighted by Crippen LogP contribution is 2.46. The first-order chi connectivity index (χ1) is 13.2. The third-order valence-corrected chi connectivity index (χ3v) is 5.07. The summed E-state index contributed by atoms with van der Waals surface area (Å²) in [7, 11) is 0. The largest absolute Gasteiger partial charge is 0.493 e. The van der Waals surface area contributed by atoms with E-state index in [1.54, 1.807) is 4.90 Å². The molecule has 1 amide bonds. The molecule has 2 heterocycles. The number of hydrogen-bond donors (Lipinski definition) is 0. The SMILES string of the molecule is CCCCOc1ccccc1CN1C(=O)C2(OCCO2)c2cc(C)ccc21. The molecule has 5 nitrogen and oxygen atoms in total. The Labute approximate surface area is 159 Å². The molecular formula is C22H25NO4. The second-order valence-electron chi connectivity index (χ2n) is 7.04. The fraction of sp³-hybridized carbons (Fsp3) is 0.409. The molecular weight excluding hydrogens is 342 g/mol. The van der Waals surface area contributed by atoms with Crippen LogP contribution < -0.4 is 9.64 Å². The van der Waals surface area contributed by atoms with Crippen LogP contribution in [0.4, 0.5) is 5.69 Å². The highest BCUT2D eigenvalue weighted by atomic mass is 16.7. The number of anilines is 1. The van der Waals surface area contributed by atoms with Gasteiger partial charge in [-0.1, -0.05) is 43.2 Å². The lowest BCUT2D eigenvalue weighted by Crippen LogP contribution is -2.41. The molecule has 5 heteroatoms. The minimum absolute atomic E-state index is 0.163. The van der Waals surface area contributed by atoms with E-state index in [9.17, 15) is 4.79 Å². The number of nitrogens with zero attached hydrogens (tertiary/aromatic N) is 1. The number of carbonyl (C=O) groups excluding carboxylic acids is 1. The van der Waals surface area contributed by atoms with Crippen LogP contribution >= 0.6 is 0 Å². The topological polar surface area (TPSA) is 48.0 Å². The van der Waals surface area contributed by atoms with E-state index in [0.717, 1.165) is 41.0 Å². The van der Waals surface area contributed by atoms with Crippen molar-refractivity contribution < 1.29 is 19.0 Å². The standard InChI is InChI=1S/C22H25NO4/c1-3-4-11-25-20-8-6-5-7-17(20)15-23-19-10-9-16(2)14-18(19)22(21(23)24)26-12-13-27-22/h5-10,14H,3-4,11-13,15H2,1-2H3. The Morgan fingerprint density at radius 3 is 2.70 bits per heavy atom. The molecule has 0 atom stereocenters. The van der Waals surface area contributed by atoms with Crippen LogP contribution in [0.5, 0.6) is 5.75 Å². The maximum absolute atomic E-state index is 13.3. The minimum atomic E-state index is -1.29. The molecule has 2 aromatic carbocycles. The van der Waals surface area contributed by atoms with E-state index in [2.05, 4.69) is 6.92 Å². The zero-order valence-electron chi connectivity index (χ0n) is 15.9. The first-order valence-electron chi connectivity index (χ1n) is 9.57. The molecule has 0 unspecified atom stereocenters. The molecule has 2 aliphatic rings. The Hall–Kier alpha value is -2.37. The van der Waals surface area contributed by atoms with Crippen molar-refractivity contribution in [3.63, 3.8) is 0 Å². The van der Waals surface area contributed by atoms with Crippen LogP contribution in [0.15, 0.2) is 42.5 Å². The van der Waals surface area contributed by atoms with Gasteiger partial charge in [0.1, 0.15) is 5.75 Å². The third kappa shape index (κ3) is 3.11. The lowest BCUT2D eigenvalue weighted by Gasteiger charge is -2.23. The van der Waals surface area contributed by atoms with Crippen LogP contribution in [0, 0.1) is 6.92 Å². The lowest BCUT2D eigenvalue weighted by molar-refractivity contribution is -0.180. The van der Waals surface area contributed by atoms with Gasteiger partial charge in [0.15, 0.2) is 0 Å². The zero-order valence-corrected chi connectivity index (χ0v) is 15.9. The Bertz CT molecular complexity index is 842. The van der Waals surface area contributed by atoms with Crippen molar-refractivity contribution in [2.45, 2.75) is 39.0 Å². The van der Waals surface area contributed by atoms with Gasteiger partial charge < -0.3 is 19.1 Å². The Kier molecular flexibility index (Phi) is 4.89. The number of unbranched alkanes of at least 4 members (excludes halogenated alkanes) is 1. The predicted octanol–water partition coefficient (Wildman–Crippen LogP) is 3.92. The van der Waals surface area contributed by atoms with E-state index in [-0.39, 0.29) is 5.91 Å². The van der Waals surface area contributed by atoms with E-state index in [4.69, 9.17) is 14.2 Å². The van der Waals surface area contributed by atoms with Crippen LogP contribution in [0.3, 0.4) is 0 Å².